The standard InChI is InChI=1S/C12H12BrNO3/c1-7-2-3-9(8(13)6-7)14-10(12(16)17)4-5-11(14)15/h2-3,6,10H,4-5H2,1H3,(H,16,17). The van der Waals surface area contributed by atoms with Crippen LogP contribution in [-0.2, 0) is 9.59 Å². The molecule has 1 amide bonds. The Bertz CT molecular complexity index is 487. The van der Waals surface area contributed by atoms with Gasteiger partial charge in [-0.25, -0.2) is 4.79 Å². The average Bonchev–Trinajstić information content (AvgIpc) is 2.60. The van der Waals surface area contributed by atoms with Crippen molar-refractivity contribution in [1.29, 1.82) is 0 Å². The van der Waals surface area contributed by atoms with Crippen molar-refractivity contribution in [3.05, 3.63) is 28.2 Å². The molecule has 1 aromatic rings. The maximum Gasteiger partial charge on any atom is 0.326 e. The van der Waals surface area contributed by atoms with Crippen LogP contribution in [0.15, 0.2) is 22.7 Å². The minimum atomic E-state index is -0.955. The molecule has 17 heavy (non-hydrogen) atoms. The predicted molar refractivity (Wildman–Crippen MR) is 67.0 cm³/mol. The molecule has 0 aliphatic carbocycles. The molecule has 1 atom stereocenters. The van der Waals surface area contributed by atoms with Gasteiger partial charge in [0.1, 0.15) is 6.04 Å². The monoisotopic (exact) mass is 297 g/mol. The number of carbonyl (C=O) groups is 2. The molecule has 0 radical (unpaired) electrons. The number of rotatable bonds is 2. The van der Waals surface area contributed by atoms with E-state index in [1.165, 1.54) is 4.90 Å². The molecule has 0 aromatic heterocycles. The lowest BCUT2D eigenvalue weighted by Gasteiger charge is -2.23. The number of carbonyl (C=O) groups excluding carboxylic acids is 1. The molecule has 1 heterocycles. The van der Waals surface area contributed by atoms with Gasteiger partial charge in [-0.3, -0.25) is 9.69 Å². The first-order valence-electron chi connectivity index (χ1n) is 5.31. The van der Waals surface area contributed by atoms with Crippen molar-refractivity contribution in [3.8, 4) is 0 Å². The number of benzene rings is 1. The molecule has 1 unspecified atom stereocenters. The highest BCUT2D eigenvalue weighted by molar-refractivity contribution is 9.10. The summed E-state index contributed by atoms with van der Waals surface area (Å²) in [6.07, 6.45) is 0.658. The molecule has 1 N–H and O–H groups in total. The smallest absolute Gasteiger partial charge is 0.326 e. The van der Waals surface area contributed by atoms with Crippen LogP contribution in [0.2, 0.25) is 0 Å². The van der Waals surface area contributed by atoms with Crippen molar-refractivity contribution < 1.29 is 14.7 Å². The third-order valence-electron chi connectivity index (χ3n) is 2.86. The van der Waals surface area contributed by atoms with Gasteiger partial charge in [0.2, 0.25) is 5.91 Å². The molecule has 1 aliphatic rings. The fraction of sp³-hybridized carbons (Fsp3) is 0.333. The van der Waals surface area contributed by atoms with Gasteiger partial charge in [-0.2, -0.15) is 0 Å². The lowest BCUT2D eigenvalue weighted by molar-refractivity contribution is -0.138. The zero-order valence-electron chi connectivity index (χ0n) is 9.31. The largest absolute Gasteiger partial charge is 0.480 e. The van der Waals surface area contributed by atoms with Crippen LogP contribution < -0.4 is 4.90 Å². The minimum absolute atomic E-state index is 0.137. The number of nitrogens with zero attached hydrogens (tertiary/aromatic N) is 1. The topological polar surface area (TPSA) is 57.6 Å². The van der Waals surface area contributed by atoms with Crippen molar-refractivity contribution in [3.63, 3.8) is 0 Å². The SMILES string of the molecule is Cc1ccc(N2C(=O)CCC2C(=O)O)c(Br)c1. The Labute approximate surface area is 107 Å². The number of carboxylic acid groups (broad SMARTS) is 1. The Kier molecular flexibility index (Phi) is 3.19. The highest BCUT2D eigenvalue weighted by atomic mass is 79.9. The van der Waals surface area contributed by atoms with Crippen LogP contribution in [0.1, 0.15) is 18.4 Å². The molecule has 1 fully saturated rings. The van der Waals surface area contributed by atoms with Crippen molar-refractivity contribution >= 4 is 33.5 Å². The number of aryl methyl sites for hydroxylation is 1. The van der Waals surface area contributed by atoms with Gasteiger partial charge in [-0.15, -0.1) is 0 Å². The Morgan fingerprint density at radius 1 is 1.53 bits per heavy atom. The number of hydrogen-bond donors (Lipinski definition) is 1. The summed E-state index contributed by atoms with van der Waals surface area (Å²) >= 11 is 3.37. The van der Waals surface area contributed by atoms with E-state index in [0.717, 1.165) is 10.0 Å². The van der Waals surface area contributed by atoms with E-state index in [9.17, 15) is 9.59 Å². The number of halogens is 1. The summed E-state index contributed by atoms with van der Waals surface area (Å²) in [5, 5.41) is 9.10. The van der Waals surface area contributed by atoms with E-state index in [0.29, 0.717) is 12.1 Å². The third kappa shape index (κ3) is 2.20. The maximum atomic E-state index is 11.8. The Morgan fingerprint density at radius 2 is 2.24 bits per heavy atom. The summed E-state index contributed by atoms with van der Waals surface area (Å²) < 4.78 is 0.749. The van der Waals surface area contributed by atoms with Gasteiger partial charge < -0.3 is 5.11 Å². The summed E-state index contributed by atoms with van der Waals surface area (Å²) in [6, 6.07) is 4.77. The van der Waals surface area contributed by atoms with Crippen LogP contribution in [0.3, 0.4) is 0 Å². The molecule has 1 aliphatic heterocycles. The van der Waals surface area contributed by atoms with Crippen LogP contribution in [0.4, 0.5) is 5.69 Å². The fourth-order valence-electron chi connectivity index (χ4n) is 2.03. The lowest BCUT2D eigenvalue weighted by atomic mass is 10.2. The fourth-order valence-corrected chi connectivity index (χ4v) is 2.71. The molecule has 5 heteroatoms. The summed E-state index contributed by atoms with van der Waals surface area (Å²) in [6.45, 7) is 1.94. The predicted octanol–water partition coefficient (Wildman–Crippen LogP) is 2.34. The second kappa shape index (κ2) is 4.49. The number of aliphatic carboxylic acids is 1. The number of anilines is 1. The Balaban J connectivity index is 2.43. The molecule has 1 saturated heterocycles. The summed E-state index contributed by atoms with van der Waals surface area (Å²) in [5.41, 5.74) is 1.68. The second-order valence-electron chi connectivity index (χ2n) is 4.11. The zero-order valence-corrected chi connectivity index (χ0v) is 10.9. The Hall–Kier alpha value is -1.36. The number of carboxylic acids is 1. The van der Waals surface area contributed by atoms with Crippen molar-refractivity contribution in [2.75, 3.05) is 4.90 Å². The van der Waals surface area contributed by atoms with Gasteiger partial charge >= 0.3 is 5.97 Å². The quantitative estimate of drug-likeness (QED) is 0.911. The first-order valence-corrected chi connectivity index (χ1v) is 6.11. The third-order valence-corrected chi connectivity index (χ3v) is 3.49. The van der Waals surface area contributed by atoms with Gasteiger partial charge in [-0.05, 0) is 47.0 Å². The molecule has 1 aromatic carbocycles. The van der Waals surface area contributed by atoms with Crippen LogP contribution in [0.5, 0.6) is 0 Å². The van der Waals surface area contributed by atoms with Gasteiger partial charge in [0.05, 0.1) is 5.69 Å². The van der Waals surface area contributed by atoms with E-state index in [-0.39, 0.29) is 12.3 Å². The maximum absolute atomic E-state index is 11.8. The lowest BCUT2D eigenvalue weighted by Crippen LogP contribution is -2.38. The van der Waals surface area contributed by atoms with Crippen LogP contribution >= 0.6 is 15.9 Å². The van der Waals surface area contributed by atoms with Crippen LogP contribution in [-0.4, -0.2) is 23.0 Å². The van der Waals surface area contributed by atoms with Crippen molar-refractivity contribution in [2.45, 2.75) is 25.8 Å². The molecule has 2 rings (SSSR count). The normalized spacial score (nSPS) is 19.8. The molecule has 0 spiro atoms. The molecule has 0 saturated carbocycles. The minimum Gasteiger partial charge on any atom is -0.480 e. The van der Waals surface area contributed by atoms with Gasteiger partial charge in [0.25, 0.3) is 0 Å². The van der Waals surface area contributed by atoms with E-state index in [4.69, 9.17) is 5.11 Å². The van der Waals surface area contributed by atoms with Crippen molar-refractivity contribution in [2.24, 2.45) is 0 Å². The molecule has 90 valence electrons. The van der Waals surface area contributed by atoms with Crippen LogP contribution in [0.25, 0.3) is 0 Å². The molecular weight excluding hydrogens is 286 g/mol. The highest BCUT2D eigenvalue weighted by Crippen LogP contribution is 2.33. The van der Waals surface area contributed by atoms with E-state index < -0.39 is 12.0 Å². The van der Waals surface area contributed by atoms with Crippen LogP contribution in [0, 0.1) is 6.92 Å². The average molecular weight is 298 g/mol. The van der Waals surface area contributed by atoms with E-state index in [1.807, 2.05) is 19.1 Å². The number of amides is 1. The Morgan fingerprint density at radius 3 is 2.82 bits per heavy atom. The summed E-state index contributed by atoms with van der Waals surface area (Å²) in [5.74, 6) is -1.09. The van der Waals surface area contributed by atoms with Gasteiger partial charge in [-0.1, -0.05) is 6.07 Å². The highest BCUT2D eigenvalue weighted by Gasteiger charge is 2.37. The first-order chi connectivity index (χ1) is 8.00. The first kappa shape index (κ1) is 12.1. The van der Waals surface area contributed by atoms with Crippen molar-refractivity contribution in [1.82, 2.24) is 0 Å². The van der Waals surface area contributed by atoms with Gasteiger partial charge in [0.15, 0.2) is 0 Å². The van der Waals surface area contributed by atoms with E-state index in [1.54, 1.807) is 6.07 Å². The van der Waals surface area contributed by atoms with E-state index in [2.05, 4.69) is 15.9 Å². The number of hydrogen-bond acceptors (Lipinski definition) is 2. The van der Waals surface area contributed by atoms with Gasteiger partial charge in [0, 0.05) is 10.9 Å². The second-order valence-corrected chi connectivity index (χ2v) is 4.97. The summed E-state index contributed by atoms with van der Waals surface area (Å²) in [7, 11) is 0. The van der Waals surface area contributed by atoms with E-state index >= 15 is 0 Å². The zero-order chi connectivity index (χ0) is 12.6. The molecule has 4 nitrogen and oxygen atoms in total. The molecular formula is C12H12BrNO3. The summed E-state index contributed by atoms with van der Waals surface area (Å²) in [4.78, 5) is 24.2. The molecule has 0 bridgehead atoms.